The van der Waals surface area contributed by atoms with Crippen molar-refractivity contribution >= 4 is 17.5 Å². The fraction of sp³-hybridized carbons (Fsp3) is 0.389. The van der Waals surface area contributed by atoms with Crippen LogP contribution in [0.3, 0.4) is 0 Å². The van der Waals surface area contributed by atoms with Crippen LogP contribution in [0, 0.1) is 5.92 Å². The molecule has 3 heterocycles. The summed E-state index contributed by atoms with van der Waals surface area (Å²) >= 11 is 0. The van der Waals surface area contributed by atoms with Gasteiger partial charge in [-0.05, 0) is 31.0 Å². The number of nitrogens with zero attached hydrogens (tertiary/aromatic N) is 4. The SMILES string of the molecule is C=C(/C=c1/nccn/c1=C(/N)OC[C@@H]1CCCNC1)c1cnn(C)c1. The number of aryl methyl sites for hydroxylation is 1. The van der Waals surface area contributed by atoms with Crippen LogP contribution < -0.4 is 21.7 Å². The summed E-state index contributed by atoms with van der Waals surface area (Å²) in [6.07, 6.45) is 11.1. The number of hydrogen-bond donors (Lipinski definition) is 2. The van der Waals surface area contributed by atoms with Gasteiger partial charge < -0.3 is 15.8 Å². The smallest absolute Gasteiger partial charge is 0.212 e. The Hall–Kier alpha value is -2.67. The van der Waals surface area contributed by atoms with E-state index in [1.165, 1.54) is 6.42 Å². The Labute approximate surface area is 146 Å². The highest BCUT2D eigenvalue weighted by Crippen LogP contribution is 2.12. The van der Waals surface area contributed by atoms with Crippen LogP contribution in [0.4, 0.5) is 0 Å². The molecule has 1 aliphatic heterocycles. The molecule has 0 aliphatic carbocycles. The van der Waals surface area contributed by atoms with Gasteiger partial charge in [-0.25, -0.2) is 4.98 Å². The third-order valence-electron chi connectivity index (χ3n) is 4.22. The van der Waals surface area contributed by atoms with Gasteiger partial charge in [0.15, 0.2) is 0 Å². The Kier molecular flexibility index (Phi) is 5.45. The lowest BCUT2D eigenvalue weighted by atomic mass is 10.0. The zero-order valence-corrected chi connectivity index (χ0v) is 14.5. The summed E-state index contributed by atoms with van der Waals surface area (Å²) in [6, 6.07) is 0. The number of ether oxygens (including phenoxy) is 1. The van der Waals surface area contributed by atoms with Gasteiger partial charge in [0.25, 0.3) is 0 Å². The minimum atomic E-state index is 0.295. The van der Waals surface area contributed by atoms with Crippen LogP contribution in [0.1, 0.15) is 18.4 Å². The normalized spacial score (nSPS) is 19.6. The van der Waals surface area contributed by atoms with E-state index < -0.39 is 0 Å². The summed E-state index contributed by atoms with van der Waals surface area (Å²) in [4.78, 5) is 8.70. The molecular formula is C18H24N6O. The number of nitrogens with one attached hydrogen (secondary N) is 1. The molecule has 1 fully saturated rings. The summed E-state index contributed by atoms with van der Waals surface area (Å²) in [6.45, 7) is 6.70. The molecule has 0 spiro atoms. The topological polar surface area (TPSA) is 90.9 Å². The molecule has 1 atom stereocenters. The average molecular weight is 340 g/mol. The maximum absolute atomic E-state index is 6.14. The molecule has 7 nitrogen and oxygen atoms in total. The van der Waals surface area contributed by atoms with E-state index in [0.29, 0.717) is 29.1 Å². The molecular weight excluding hydrogens is 316 g/mol. The molecule has 0 radical (unpaired) electrons. The second-order valence-corrected chi connectivity index (χ2v) is 6.25. The van der Waals surface area contributed by atoms with Crippen molar-refractivity contribution in [1.82, 2.24) is 25.1 Å². The molecule has 0 bridgehead atoms. The van der Waals surface area contributed by atoms with Gasteiger partial charge in [-0.2, -0.15) is 5.10 Å². The number of piperidine rings is 1. The number of aromatic nitrogens is 4. The molecule has 1 aliphatic rings. The average Bonchev–Trinajstić information content (AvgIpc) is 3.07. The van der Waals surface area contributed by atoms with Crippen molar-refractivity contribution in [1.29, 1.82) is 0 Å². The molecule has 0 saturated carbocycles. The van der Waals surface area contributed by atoms with Gasteiger partial charge >= 0.3 is 0 Å². The van der Waals surface area contributed by atoms with Crippen LogP contribution in [0.25, 0.3) is 17.5 Å². The van der Waals surface area contributed by atoms with E-state index in [-0.39, 0.29) is 0 Å². The Morgan fingerprint density at radius 3 is 3.04 bits per heavy atom. The zero-order valence-electron chi connectivity index (χ0n) is 14.5. The highest BCUT2D eigenvalue weighted by molar-refractivity contribution is 5.85. The fourth-order valence-electron chi connectivity index (χ4n) is 2.82. The first-order chi connectivity index (χ1) is 12.1. The van der Waals surface area contributed by atoms with E-state index in [1.807, 2.05) is 19.3 Å². The van der Waals surface area contributed by atoms with Gasteiger partial charge in [-0.1, -0.05) is 6.58 Å². The molecule has 2 aromatic heterocycles. The van der Waals surface area contributed by atoms with Crippen molar-refractivity contribution in [2.24, 2.45) is 18.7 Å². The Morgan fingerprint density at radius 2 is 2.32 bits per heavy atom. The molecule has 2 aromatic rings. The van der Waals surface area contributed by atoms with Crippen molar-refractivity contribution < 1.29 is 4.74 Å². The summed E-state index contributed by atoms with van der Waals surface area (Å²) in [5.41, 5.74) is 7.85. The highest BCUT2D eigenvalue weighted by Gasteiger charge is 2.13. The van der Waals surface area contributed by atoms with Crippen LogP contribution in [0.15, 0.2) is 31.4 Å². The van der Waals surface area contributed by atoms with Gasteiger partial charge in [-0.15, -0.1) is 0 Å². The quantitative estimate of drug-likeness (QED) is 0.780. The van der Waals surface area contributed by atoms with E-state index in [0.717, 1.165) is 30.6 Å². The molecule has 132 valence electrons. The van der Waals surface area contributed by atoms with E-state index in [9.17, 15) is 0 Å². The van der Waals surface area contributed by atoms with Crippen LogP contribution >= 0.6 is 0 Å². The van der Waals surface area contributed by atoms with E-state index in [2.05, 4.69) is 27.0 Å². The van der Waals surface area contributed by atoms with Crippen LogP contribution in [-0.2, 0) is 11.8 Å². The molecule has 0 amide bonds. The van der Waals surface area contributed by atoms with Crippen LogP contribution in [0.5, 0.6) is 0 Å². The van der Waals surface area contributed by atoms with Gasteiger partial charge in [0.2, 0.25) is 5.88 Å². The first-order valence-electron chi connectivity index (χ1n) is 8.43. The van der Waals surface area contributed by atoms with Crippen molar-refractivity contribution in [3.8, 4) is 0 Å². The lowest BCUT2D eigenvalue weighted by Gasteiger charge is -2.22. The fourth-order valence-corrected chi connectivity index (χ4v) is 2.82. The largest absolute Gasteiger partial charge is 0.477 e. The van der Waals surface area contributed by atoms with Gasteiger partial charge in [0, 0.05) is 43.7 Å². The third-order valence-corrected chi connectivity index (χ3v) is 4.22. The van der Waals surface area contributed by atoms with Gasteiger partial charge in [-0.3, -0.25) is 9.67 Å². The molecule has 25 heavy (non-hydrogen) atoms. The summed E-state index contributed by atoms with van der Waals surface area (Å²) in [5.74, 6) is 0.769. The number of nitrogens with two attached hydrogens (primary N) is 1. The number of allylic oxidation sites excluding steroid dienone is 1. The predicted molar refractivity (Wildman–Crippen MR) is 97.1 cm³/mol. The first kappa shape index (κ1) is 17.2. The van der Waals surface area contributed by atoms with Crippen LogP contribution in [0.2, 0.25) is 0 Å². The van der Waals surface area contributed by atoms with Crippen LogP contribution in [-0.4, -0.2) is 39.4 Å². The second-order valence-electron chi connectivity index (χ2n) is 6.25. The zero-order chi connectivity index (χ0) is 17.6. The molecule has 1 saturated heterocycles. The Morgan fingerprint density at radius 1 is 1.48 bits per heavy atom. The van der Waals surface area contributed by atoms with Crippen molar-refractivity contribution in [3.63, 3.8) is 0 Å². The maximum atomic E-state index is 6.14. The first-order valence-corrected chi connectivity index (χ1v) is 8.43. The molecule has 3 rings (SSSR count). The highest BCUT2D eigenvalue weighted by atomic mass is 16.5. The molecule has 3 N–H and O–H groups in total. The van der Waals surface area contributed by atoms with Gasteiger partial charge in [0.1, 0.15) is 5.35 Å². The standard InChI is InChI=1S/C18H24N6O/c1-13(15-10-23-24(2)11-15)8-16-17(22-7-6-21-16)18(19)25-12-14-4-3-5-20-9-14/h6-8,10-11,14,20H,1,3-5,9,12,19H2,2H3/b16-8+,18-17-/t14-/m1/s1. The Bertz CT molecular complexity index is 850. The van der Waals surface area contributed by atoms with Crippen molar-refractivity contribution in [2.75, 3.05) is 19.7 Å². The number of rotatable bonds is 5. The van der Waals surface area contributed by atoms with Gasteiger partial charge in [0.05, 0.1) is 18.2 Å². The lowest BCUT2D eigenvalue weighted by molar-refractivity contribution is 0.185. The molecule has 0 unspecified atom stereocenters. The molecule has 0 aromatic carbocycles. The monoisotopic (exact) mass is 340 g/mol. The number of hydrogen-bond acceptors (Lipinski definition) is 6. The minimum absolute atomic E-state index is 0.295. The summed E-state index contributed by atoms with van der Waals surface area (Å²) in [7, 11) is 1.87. The molecule has 7 heteroatoms. The Balaban J connectivity index is 1.83. The van der Waals surface area contributed by atoms with E-state index in [4.69, 9.17) is 10.5 Å². The summed E-state index contributed by atoms with van der Waals surface area (Å²) in [5, 5.41) is 8.70. The van der Waals surface area contributed by atoms with E-state index in [1.54, 1.807) is 23.3 Å². The minimum Gasteiger partial charge on any atom is -0.477 e. The predicted octanol–water partition coefficient (Wildman–Crippen LogP) is -0.255. The van der Waals surface area contributed by atoms with Crippen molar-refractivity contribution in [2.45, 2.75) is 12.8 Å². The van der Waals surface area contributed by atoms with Crippen molar-refractivity contribution in [3.05, 3.63) is 47.6 Å². The lowest BCUT2D eigenvalue weighted by Crippen LogP contribution is -2.37. The van der Waals surface area contributed by atoms with E-state index >= 15 is 0 Å². The summed E-state index contributed by atoms with van der Waals surface area (Å²) < 4.78 is 7.52. The third kappa shape index (κ3) is 4.45. The second kappa shape index (κ2) is 7.94. The maximum Gasteiger partial charge on any atom is 0.212 e.